The number of amides is 1. The van der Waals surface area contributed by atoms with Gasteiger partial charge in [-0.05, 0) is 17.4 Å². The standard InChI is InChI=1S/C17H26N2O3/c1-11(2)14(18)16(20)19-15(12(3)4)17(21)22-10-13-8-6-5-7-9-13/h5-9,11-12,14-15H,10,18H2,1-4H3,(H,19,20)/t14-,15+/m1/s1/i/hD. The van der Waals surface area contributed by atoms with Crippen molar-refractivity contribution in [3.63, 3.8) is 0 Å². The third kappa shape index (κ3) is 5.48. The number of esters is 1. The van der Waals surface area contributed by atoms with Crippen LogP contribution in [-0.4, -0.2) is 24.0 Å². The van der Waals surface area contributed by atoms with Gasteiger partial charge >= 0.3 is 5.97 Å². The van der Waals surface area contributed by atoms with Gasteiger partial charge in [0.15, 0.2) is 0 Å². The molecular formula is C17H26N2O3. The van der Waals surface area contributed by atoms with E-state index in [0.29, 0.717) is 0 Å². The van der Waals surface area contributed by atoms with Crippen LogP contribution in [0, 0.1) is 11.8 Å². The van der Waals surface area contributed by atoms with Gasteiger partial charge in [0.1, 0.15) is 14.1 Å². The molecule has 0 bridgehead atoms. The van der Waals surface area contributed by atoms with Gasteiger partial charge in [-0.2, -0.15) is 0 Å². The van der Waals surface area contributed by atoms with Crippen molar-refractivity contribution in [2.45, 2.75) is 46.4 Å². The molecule has 22 heavy (non-hydrogen) atoms. The summed E-state index contributed by atoms with van der Waals surface area (Å²) in [5, 5.41) is 2.69. The van der Waals surface area contributed by atoms with Gasteiger partial charge in [0, 0.05) is 0 Å². The summed E-state index contributed by atoms with van der Waals surface area (Å²) in [5.41, 5.74) is 3.12. The fourth-order valence-corrected chi connectivity index (χ4v) is 1.86. The van der Waals surface area contributed by atoms with E-state index in [1.54, 1.807) is 0 Å². The summed E-state index contributed by atoms with van der Waals surface area (Å²) in [4.78, 5) is 24.5. The average Bonchev–Trinajstić information content (AvgIpc) is 2.51. The molecule has 1 aromatic rings. The number of nitrogens with two attached hydrogens (primary N) is 1. The summed E-state index contributed by atoms with van der Waals surface area (Å²) in [6.45, 7) is 7.53. The minimum absolute atomic E-state index is 0.0550. The molecule has 1 aromatic carbocycles. The van der Waals surface area contributed by atoms with Crippen LogP contribution in [0.3, 0.4) is 0 Å². The quantitative estimate of drug-likeness (QED) is 0.718. The number of hydrogen-bond acceptors (Lipinski definition) is 4. The first-order chi connectivity index (χ1) is 10.9. The highest BCUT2D eigenvalue weighted by atomic mass is 16.5. The zero-order valence-electron chi connectivity index (χ0n) is 14.6. The third-order valence-electron chi connectivity index (χ3n) is 3.39. The van der Waals surface area contributed by atoms with Crippen LogP contribution >= 0.6 is 0 Å². The number of ether oxygens (including phenoxy) is 1. The monoisotopic (exact) mass is 307 g/mol. The first-order valence-corrected chi connectivity index (χ1v) is 7.55. The molecule has 0 aromatic heterocycles. The van der Waals surface area contributed by atoms with E-state index >= 15 is 0 Å². The molecule has 5 nitrogen and oxygen atoms in total. The molecule has 3 N–H and O–H groups in total. The minimum Gasteiger partial charge on any atom is -0.459 e. The van der Waals surface area contributed by atoms with E-state index < -0.39 is 18.1 Å². The molecule has 0 heterocycles. The average molecular weight is 307 g/mol. The maximum absolute atomic E-state index is 12.3. The van der Waals surface area contributed by atoms with Crippen molar-refractivity contribution >= 4 is 11.9 Å². The number of benzene rings is 1. The topological polar surface area (TPSA) is 81.4 Å². The van der Waals surface area contributed by atoms with Crippen LogP contribution in [0.15, 0.2) is 30.3 Å². The second-order valence-electron chi connectivity index (χ2n) is 6.05. The van der Waals surface area contributed by atoms with Crippen LogP contribution in [0.5, 0.6) is 0 Å². The van der Waals surface area contributed by atoms with Gasteiger partial charge in [0.25, 0.3) is 0 Å². The number of carbonyl (C=O) groups excluding carboxylic acids is 2. The summed E-state index contributed by atoms with van der Waals surface area (Å²) in [5.74, 6) is -1.00. The molecule has 0 saturated carbocycles. The van der Waals surface area contributed by atoms with Gasteiger partial charge in [0.2, 0.25) is 5.91 Å². The Bertz CT molecular complexity index is 506. The van der Waals surface area contributed by atoms with Crippen LogP contribution in [0.4, 0.5) is 0 Å². The van der Waals surface area contributed by atoms with Crippen molar-refractivity contribution in [2.75, 3.05) is 0 Å². The van der Waals surface area contributed by atoms with Gasteiger partial charge in [-0.25, -0.2) is 4.79 Å². The molecule has 0 radical (unpaired) electrons. The third-order valence-corrected chi connectivity index (χ3v) is 3.39. The van der Waals surface area contributed by atoms with Crippen molar-refractivity contribution in [2.24, 2.45) is 17.6 Å². The Hall–Kier alpha value is -1.88. The molecule has 0 saturated heterocycles. The lowest BCUT2D eigenvalue weighted by Crippen LogP contribution is -2.52. The smallest absolute Gasteiger partial charge is 0.329 e. The molecule has 1 amide bonds. The van der Waals surface area contributed by atoms with E-state index in [1.165, 1.54) is 0 Å². The zero-order chi connectivity index (χ0) is 17.4. The van der Waals surface area contributed by atoms with Crippen LogP contribution in [-0.2, 0) is 20.9 Å². The Labute approximate surface area is 133 Å². The maximum Gasteiger partial charge on any atom is 0.329 e. The van der Waals surface area contributed by atoms with E-state index in [2.05, 4.69) is 11.0 Å². The maximum atomic E-state index is 12.3. The first kappa shape index (κ1) is 16.5. The Morgan fingerprint density at radius 3 is 2.32 bits per heavy atom. The first-order valence-electron chi connectivity index (χ1n) is 8.05. The van der Waals surface area contributed by atoms with E-state index in [4.69, 9.17) is 6.15 Å². The van der Waals surface area contributed by atoms with E-state index in [0.717, 1.165) is 5.56 Å². The van der Waals surface area contributed by atoms with Crippen LogP contribution < -0.4 is 11.0 Å². The highest BCUT2D eigenvalue weighted by molar-refractivity contribution is 5.87. The van der Waals surface area contributed by atoms with Crippen molar-refractivity contribution < 1.29 is 15.7 Å². The summed E-state index contributed by atoms with van der Waals surface area (Å²) in [6, 6.07) is 7.97. The van der Waals surface area contributed by atoms with Crippen molar-refractivity contribution in [3.8, 4) is 0 Å². The molecule has 0 aliphatic carbocycles. The highest BCUT2D eigenvalue weighted by Gasteiger charge is 2.28. The second-order valence-corrected chi connectivity index (χ2v) is 6.05. The zero-order valence-corrected chi connectivity index (χ0v) is 13.6. The largest absolute Gasteiger partial charge is 0.459 e. The summed E-state index contributed by atoms with van der Waals surface area (Å²) < 4.78 is 12.6. The molecular weight excluding hydrogens is 280 g/mol. The van der Waals surface area contributed by atoms with Crippen LogP contribution in [0.2, 0.25) is 1.41 Å². The molecule has 122 valence electrons. The van der Waals surface area contributed by atoms with Crippen molar-refractivity contribution in [1.29, 1.82) is 0 Å². The fourth-order valence-electron chi connectivity index (χ4n) is 1.86. The number of nitrogens with one attached hydrogen (secondary N) is 1. The van der Waals surface area contributed by atoms with Gasteiger partial charge in [-0.3, -0.25) is 4.79 Å². The molecule has 0 aliphatic heterocycles. The number of carbonyl (C=O) groups is 2. The van der Waals surface area contributed by atoms with Gasteiger partial charge < -0.3 is 15.8 Å². The predicted octanol–water partition coefficient (Wildman–Crippen LogP) is 1.85. The Kier molecular flexibility index (Phi) is 6.40. The highest BCUT2D eigenvalue weighted by Crippen LogP contribution is 2.08. The lowest BCUT2D eigenvalue weighted by Gasteiger charge is -2.24. The van der Waals surface area contributed by atoms with E-state index in [9.17, 15) is 9.59 Å². The number of hydrogen-bond donors (Lipinski definition) is 2. The van der Waals surface area contributed by atoms with Gasteiger partial charge in [-0.15, -0.1) is 0 Å². The lowest BCUT2D eigenvalue weighted by atomic mass is 10.0. The molecule has 5 heteroatoms. The molecule has 2 atom stereocenters. The normalized spacial score (nSPS) is 14.4. The van der Waals surface area contributed by atoms with Crippen molar-refractivity contribution in [1.82, 2.24) is 5.32 Å². The molecule has 0 fully saturated rings. The van der Waals surface area contributed by atoms with Crippen molar-refractivity contribution in [3.05, 3.63) is 35.9 Å². The molecule has 0 spiro atoms. The SMILES string of the molecule is [2H]N[C@@H](C(=O)N[C@H](C(=O)OCc1ccccc1)C(C)C)C(C)C. The van der Waals surface area contributed by atoms with Gasteiger partial charge in [-0.1, -0.05) is 58.0 Å². The Morgan fingerprint density at radius 1 is 1.18 bits per heavy atom. The molecule has 0 aliphatic rings. The minimum atomic E-state index is -0.735. The fraction of sp³-hybridized carbons (Fsp3) is 0.529. The van der Waals surface area contributed by atoms with Crippen LogP contribution in [0.1, 0.15) is 33.3 Å². The molecule has 0 unspecified atom stereocenters. The van der Waals surface area contributed by atoms with Crippen LogP contribution in [0.25, 0.3) is 0 Å². The summed E-state index contributed by atoms with van der Waals surface area (Å²) >= 11 is 0. The van der Waals surface area contributed by atoms with E-state index in [-0.39, 0.29) is 24.3 Å². The predicted molar refractivity (Wildman–Crippen MR) is 85.8 cm³/mol. The Morgan fingerprint density at radius 2 is 1.82 bits per heavy atom. The molecule has 1 rings (SSSR count). The Balaban J connectivity index is 2.66. The second kappa shape index (κ2) is 8.54. The van der Waals surface area contributed by atoms with E-state index in [1.807, 2.05) is 58.0 Å². The van der Waals surface area contributed by atoms with Gasteiger partial charge in [0.05, 0.1) is 6.04 Å². The number of rotatable bonds is 8. The lowest BCUT2D eigenvalue weighted by molar-refractivity contribution is -0.150. The summed E-state index contributed by atoms with van der Waals surface area (Å²) in [6.07, 6.45) is 0. The summed E-state index contributed by atoms with van der Waals surface area (Å²) in [7, 11) is 0.